The van der Waals surface area contributed by atoms with Crippen LogP contribution in [0.1, 0.15) is 53.9 Å². The lowest BCUT2D eigenvalue weighted by Crippen LogP contribution is -2.37. The van der Waals surface area contributed by atoms with E-state index in [2.05, 4.69) is 15.2 Å². The summed E-state index contributed by atoms with van der Waals surface area (Å²) in [6, 6.07) is 9.32. The van der Waals surface area contributed by atoms with Gasteiger partial charge in [-0.05, 0) is 49.6 Å². The molecule has 2 aliphatic heterocycles. The summed E-state index contributed by atoms with van der Waals surface area (Å²) in [5.41, 5.74) is 3.20. The van der Waals surface area contributed by atoms with Crippen molar-refractivity contribution in [1.82, 2.24) is 15.0 Å². The van der Waals surface area contributed by atoms with Crippen molar-refractivity contribution in [2.75, 3.05) is 29.4 Å². The summed E-state index contributed by atoms with van der Waals surface area (Å²) in [4.78, 5) is 41.7. The summed E-state index contributed by atoms with van der Waals surface area (Å²) in [6.45, 7) is 1.80. The Hall–Kier alpha value is -3.04. The molecule has 10 heteroatoms. The van der Waals surface area contributed by atoms with Gasteiger partial charge in [-0.15, -0.1) is 16.4 Å². The smallest absolute Gasteiger partial charge is 0.226 e. The molecule has 5 rings (SSSR count). The van der Waals surface area contributed by atoms with E-state index in [9.17, 15) is 14.4 Å². The molecule has 1 aromatic carbocycles. The number of thiophene rings is 1. The van der Waals surface area contributed by atoms with Gasteiger partial charge >= 0.3 is 0 Å². The fourth-order valence-electron chi connectivity index (χ4n) is 4.61. The monoisotopic (exact) mass is 511 g/mol. The van der Waals surface area contributed by atoms with Crippen molar-refractivity contribution in [1.29, 1.82) is 0 Å². The van der Waals surface area contributed by atoms with Gasteiger partial charge in [-0.25, -0.2) is 4.68 Å². The first-order valence-corrected chi connectivity index (χ1v) is 13.1. The summed E-state index contributed by atoms with van der Waals surface area (Å²) in [5, 5.41) is 8.59. The molecule has 0 aliphatic carbocycles. The first kappa shape index (κ1) is 23.7. The second-order valence-corrected chi connectivity index (χ2v) is 10.6. The Morgan fingerprint density at radius 3 is 2.69 bits per heavy atom. The van der Waals surface area contributed by atoms with Crippen LogP contribution in [-0.4, -0.2) is 52.1 Å². The molecule has 4 heterocycles. The lowest BCUT2D eigenvalue weighted by atomic mass is 10.1. The Morgan fingerprint density at radius 1 is 1.03 bits per heavy atom. The van der Waals surface area contributed by atoms with Crippen LogP contribution < -0.4 is 9.80 Å². The maximum Gasteiger partial charge on any atom is 0.226 e. The zero-order chi connectivity index (χ0) is 24.4. The number of ketones is 2. The third-order valence-corrected chi connectivity index (χ3v) is 7.70. The molecule has 0 atom stereocenters. The van der Waals surface area contributed by atoms with Crippen molar-refractivity contribution in [2.24, 2.45) is 0 Å². The number of nitrogens with zero attached hydrogens (tertiary/aromatic N) is 5. The zero-order valence-electron chi connectivity index (χ0n) is 19.3. The van der Waals surface area contributed by atoms with E-state index in [1.54, 1.807) is 16.8 Å². The molecule has 2 aromatic heterocycles. The van der Waals surface area contributed by atoms with Crippen LogP contribution in [0.5, 0.6) is 0 Å². The Labute approximate surface area is 212 Å². The van der Waals surface area contributed by atoms with Gasteiger partial charge in [-0.3, -0.25) is 14.4 Å². The molecule has 0 spiro atoms. The van der Waals surface area contributed by atoms with Gasteiger partial charge in [0.1, 0.15) is 0 Å². The molecular formula is C25H26ClN5O3S. The minimum Gasteiger partial charge on any atom is -0.362 e. The van der Waals surface area contributed by atoms with Crippen molar-refractivity contribution in [3.05, 3.63) is 51.4 Å². The van der Waals surface area contributed by atoms with E-state index in [1.165, 1.54) is 11.3 Å². The standard InChI is InChI=1S/C25H26ClN5O3S/c26-24-11-10-23(35-24)22(33)9-6-17-15-31(28-27-17)20-8-7-18(30-13-2-1-5-25(30)34)14-21(20)29-12-3-4-19(32)16-29/h7-8,10-11,14-15H,1-6,9,12-13,16H2. The zero-order valence-corrected chi connectivity index (χ0v) is 20.9. The SMILES string of the molecule is O=C1CCCN(c2cc(N3CCCCC3=O)ccc2-n2cc(CCC(=O)c3ccc(Cl)s3)nn2)C1. The summed E-state index contributed by atoms with van der Waals surface area (Å²) in [5.74, 6) is 0.358. The second-order valence-electron chi connectivity index (χ2n) is 8.92. The average molecular weight is 512 g/mol. The third kappa shape index (κ3) is 5.31. The molecule has 3 aromatic rings. The molecule has 2 aliphatic rings. The number of rotatable bonds is 7. The Bertz CT molecular complexity index is 1270. The highest BCUT2D eigenvalue weighted by Gasteiger charge is 2.25. The molecule has 35 heavy (non-hydrogen) atoms. The Balaban J connectivity index is 1.40. The quantitative estimate of drug-likeness (QED) is 0.434. The van der Waals surface area contributed by atoms with E-state index in [4.69, 9.17) is 11.6 Å². The molecule has 0 radical (unpaired) electrons. The first-order valence-electron chi connectivity index (χ1n) is 11.9. The molecule has 0 saturated carbocycles. The average Bonchev–Trinajstić information content (AvgIpc) is 3.52. The van der Waals surface area contributed by atoms with Gasteiger partial charge in [-0.2, -0.15) is 0 Å². The van der Waals surface area contributed by atoms with Crippen LogP contribution in [0.4, 0.5) is 11.4 Å². The molecule has 0 bridgehead atoms. The van der Waals surface area contributed by atoms with Gasteiger partial charge in [-0.1, -0.05) is 16.8 Å². The number of amides is 1. The normalized spacial score (nSPS) is 16.7. The number of halogens is 1. The van der Waals surface area contributed by atoms with Gasteiger partial charge < -0.3 is 9.80 Å². The van der Waals surface area contributed by atoms with Crippen LogP contribution in [0.2, 0.25) is 4.34 Å². The first-order chi connectivity index (χ1) is 17.0. The number of benzene rings is 1. The second kappa shape index (κ2) is 10.3. The largest absolute Gasteiger partial charge is 0.362 e. The van der Waals surface area contributed by atoms with Crippen LogP contribution in [0.25, 0.3) is 5.69 Å². The van der Waals surface area contributed by atoms with Crippen LogP contribution >= 0.6 is 22.9 Å². The van der Waals surface area contributed by atoms with Gasteiger partial charge in [0.05, 0.1) is 39.0 Å². The van der Waals surface area contributed by atoms with Gasteiger partial charge in [0, 0.05) is 44.5 Å². The van der Waals surface area contributed by atoms with E-state index >= 15 is 0 Å². The lowest BCUT2D eigenvalue weighted by molar-refractivity contribution is -0.120. The molecule has 8 nitrogen and oxygen atoms in total. The van der Waals surface area contributed by atoms with Crippen LogP contribution in [-0.2, 0) is 16.0 Å². The van der Waals surface area contributed by atoms with Crippen molar-refractivity contribution in [3.8, 4) is 5.69 Å². The van der Waals surface area contributed by atoms with Gasteiger partial charge in [0.2, 0.25) is 5.91 Å². The van der Waals surface area contributed by atoms with Gasteiger partial charge in [0.15, 0.2) is 11.6 Å². The summed E-state index contributed by atoms with van der Waals surface area (Å²) in [6.07, 6.45) is 6.45. The predicted molar refractivity (Wildman–Crippen MR) is 136 cm³/mol. The summed E-state index contributed by atoms with van der Waals surface area (Å²) in [7, 11) is 0. The van der Waals surface area contributed by atoms with Crippen LogP contribution in [0.3, 0.4) is 0 Å². The Kier molecular flexibility index (Phi) is 6.97. The number of piperidine rings is 2. The maximum absolute atomic E-state index is 12.5. The predicted octanol–water partition coefficient (Wildman–Crippen LogP) is 4.48. The van der Waals surface area contributed by atoms with E-state index in [0.29, 0.717) is 53.7 Å². The number of hydrogen-bond acceptors (Lipinski definition) is 7. The third-order valence-electron chi connectivity index (χ3n) is 6.43. The summed E-state index contributed by atoms with van der Waals surface area (Å²) < 4.78 is 2.29. The fraction of sp³-hybridized carbons (Fsp3) is 0.400. The minimum absolute atomic E-state index is 0.0273. The molecule has 182 valence electrons. The molecule has 0 unspecified atom stereocenters. The van der Waals surface area contributed by atoms with E-state index < -0.39 is 0 Å². The van der Waals surface area contributed by atoms with E-state index in [0.717, 1.165) is 42.9 Å². The number of hydrogen-bond donors (Lipinski definition) is 0. The Morgan fingerprint density at radius 2 is 1.91 bits per heavy atom. The molecule has 1 amide bonds. The molecule has 2 saturated heterocycles. The lowest BCUT2D eigenvalue weighted by Gasteiger charge is -2.32. The summed E-state index contributed by atoms with van der Waals surface area (Å²) >= 11 is 7.22. The van der Waals surface area contributed by atoms with Crippen molar-refractivity contribution in [3.63, 3.8) is 0 Å². The van der Waals surface area contributed by atoms with Crippen molar-refractivity contribution in [2.45, 2.75) is 44.9 Å². The molecular weight excluding hydrogens is 486 g/mol. The number of Topliss-reactive ketones (excluding diaryl/α,β-unsaturated/α-hetero) is 2. The van der Waals surface area contributed by atoms with E-state index in [1.807, 2.05) is 29.3 Å². The van der Waals surface area contributed by atoms with Crippen molar-refractivity contribution >= 4 is 51.8 Å². The fourth-order valence-corrected chi connectivity index (χ4v) is 5.62. The highest BCUT2D eigenvalue weighted by Crippen LogP contribution is 2.33. The van der Waals surface area contributed by atoms with E-state index in [-0.39, 0.29) is 17.5 Å². The topological polar surface area (TPSA) is 88.4 Å². The number of carbonyl (C=O) groups is 3. The molecule has 2 fully saturated rings. The molecule has 0 N–H and O–H groups in total. The number of carbonyl (C=O) groups excluding carboxylic acids is 3. The highest BCUT2D eigenvalue weighted by atomic mass is 35.5. The van der Waals surface area contributed by atoms with Crippen LogP contribution in [0, 0.1) is 0 Å². The number of anilines is 2. The number of aromatic nitrogens is 3. The van der Waals surface area contributed by atoms with Crippen LogP contribution in [0.15, 0.2) is 36.5 Å². The number of aryl methyl sites for hydroxylation is 1. The maximum atomic E-state index is 12.5. The van der Waals surface area contributed by atoms with Gasteiger partial charge in [0.25, 0.3) is 0 Å². The van der Waals surface area contributed by atoms with Crippen molar-refractivity contribution < 1.29 is 14.4 Å². The highest BCUT2D eigenvalue weighted by molar-refractivity contribution is 7.18. The minimum atomic E-state index is 0.0273.